The summed E-state index contributed by atoms with van der Waals surface area (Å²) in [6, 6.07) is 0. The first-order chi connectivity index (χ1) is 11.4. The average Bonchev–Trinajstić information content (AvgIpc) is 3.05. The number of aliphatic carboxylic acids is 1. The summed E-state index contributed by atoms with van der Waals surface area (Å²) >= 11 is 0. The number of nitrogens with two attached hydrogens (primary N) is 1. The Morgan fingerprint density at radius 1 is 1.08 bits per heavy atom. The lowest BCUT2D eigenvalue weighted by Gasteiger charge is -2.27. The van der Waals surface area contributed by atoms with E-state index >= 15 is 0 Å². The van der Waals surface area contributed by atoms with Gasteiger partial charge in [0.1, 0.15) is 0 Å². The Kier molecular flexibility index (Phi) is 7.52. The molecular weight excluding hydrogens is 325 g/mol. The normalized spacial score (nSPS) is 24.7. The Balaban J connectivity index is 1.93. The van der Waals surface area contributed by atoms with Gasteiger partial charge in [-0.25, -0.2) is 4.79 Å². The summed E-state index contributed by atoms with van der Waals surface area (Å²) in [5.41, 5.74) is 6.08. The molecule has 0 heterocycles. The molecule has 0 aromatic carbocycles. The molecule has 138 valence electrons. The maximum Gasteiger partial charge on any atom is 0.331 e. The Bertz CT molecular complexity index is 493. The number of allylic oxidation sites excluding steroid dienone is 1. The van der Waals surface area contributed by atoms with Gasteiger partial charge in [0.05, 0.1) is 11.9 Å². The second kappa shape index (κ2) is 9.17. The van der Waals surface area contributed by atoms with Crippen LogP contribution in [-0.4, -0.2) is 27.9 Å². The van der Waals surface area contributed by atoms with Gasteiger partial charge in [-0.05, 0) is 24.7 Å². The fourth-order valence-corrected chi connectivity index (χ4v) is 5.68. The Morgan fingerprint density at radius 3 is 2.21 bits per heavy atom. The minimum atomic E-state index is -3.69. The number of hydrogen-bond acceptors (Lipinski definition) is 3. The van der Waals surface area contributed by atoms with Crippen LogP contribution in [0.25, 0.3) is 0 Å². The highest BCUT2D eigenvalue weighted by Crippen LogP contribution is 2.49. The lowest BCUT2D eigenvalue weighted by Crippen LogP contribution is -2.27. The fourth-order valence-electron chi connectivity index (χ4n) is 4.06. The highest BCUT2D eigenvalue weighted by molar-refractivity contribution is 7.59. The molecule has 6 heteroatoms. The maximum atomic E-state index is 12.6. The molecule has 0 amide bonds. The van der Waals surface area contributed by atoms with Gasteiger partial charge in [0.15, 0.2) is 0 Å². The smallest absolute Gasteiger partial charge is 0.331 e. The zero-order valence-corrected chi connectivity index (χ0v) is 15.4. The minimum absolute atomic E-state index is 0.0619. The zero-order chi connectivity index (χ0) is 17.6. The fraction of sp³-hybridized carbons (Fsp3) is 0.833. The third-order valence-corrected chi connectivity index (χ3v) is 7.70. The van der Waals surface area contributed by atoms with Crippen molar-refractivity contribution in [3.63, 3.8) is 0 Å². The Morgan fingerprint density at radius 2 is 1.62 bits per heavy atom. The predicted molar refractivity (Wildman–Crippen MR) is 96.2 cm³/mol. The number of hydrogen-bond donors (Lipinski definition) is 3. The average molecular weight is 357 g/mol. The van der Waals surface area contributed by atoms with E-state index in [4.69, 9.17) is 5.73 Å². The lowest BCUT2D eigenvalue weighted by molar-refractivity contribution is -0.132. The van der Waals surface area contributed by atoms with Gasteiger partial charge in [-0.15, -0.1) is 0 Å². The first-order valence-electron chi connectivity index (χ1n) is 9.38. The largest absolute Gasteiger partial charge is 0.478 e. The third-order valence-electron chi connectivity index (χ3n) is 5.66. The van der Waals surface area contributed by atoms with Crippen LogP contribution in [-0.2, 0) is 9.36 Å². The van der Waals surface area contributed by atoms with Crippen LogP contribution in [0.1, 0.15) is 70.6 Å². The summed E-state index contributed by atoms with van der Waals surface area (Å²) in [6.07, 6.45) is 12.9. The number of carboxylic acid groups (broad SMARTS) is 1. The van der Waals surface area contributed by atoms with Crippen molar-refractivity contribution in [3.8, 4) is 0 Å². The standard InChI is InChI=1S/C18H32NO4P/c19-17(12-15-8-2-1-3-9-15)24(22,23)13-16(18(20)21)11-10-14-6-4-5-7-14/h11,14-15,17H,1-10,12-13,19H2,(H,20,21)(H,22,23)/b16-11+/t17-/m1/s1. The van der Waals surface area contributed by atoms with Crippen LogP contribution in [0.15, 0.2) is 11.6 Å². The highest BCUT2D eigenvalue weighted by atomic mass is 31.2. The second-order valence-electron chi connectivity index (χ2n) is 7.64. The molecule has 0 aromatic heterocycles. The predicted octanol–water partition coefficient (Wildman–Crippen LogP) is 4.10. The van der Waals surface area contributed by atoms with E-state index in [-0.39, 0.29) is 11.7 Å². The lowest BCUT2D eigenvalue weighted by atomic mass is 9.87. The molecule has 2 saturated carbocycles. The second-order valence-corrected chi connectivity index (χ2v) is 10.1. The van der Waals surface area contributed by atoms with E-state index in [1.54, 1.807) is 6.08 Å². The van der Waals surface area contributed by atoms with Gasteiger partial charge in [0.25, 0.3) is 0 Å². The van der Waals surface area contributed by atoms with Gasteiger partial charge in [0.2, 0.25) is 7.37 Å². The molecule has 0 aliphatic heterocycles. The molecular formula is C18H32NO4P. The van der Waals surface area contributed by atoms with Gasteiger partial charge in [-0.2, -0.15) is 0 Å². The molecule has 0 radical (unpaired) electrons. The van der Waals surface area contributed by atoms with Crippen LogP contribution in [0.3, 0.4) is 0 Å². The Labute approximate surface area is 145 Å². The van der Waals surface area contributed by atoms with Crippen molar-refractivity contribution in [2.45, 2.75) is 76.4 Å². The van der Waals surface area contributed by atoms with E-state index in [9.17, 15) is 19.4 Å². The first kappa shape index (κ1) is 19.7. The molecule has 2 rings (SSSR count). The van der Waals surface area contributed by atoms with Crippen LogP contribution in [0.2, 0.25) is 0 Å². The molecule has 4 N–H and O–H groups in total. The van der Waals surface area contributed by atoms with Gasteiger partial charge >= 0.3 is 5.97 Å². The van der Waals surface area contributed by atoms with Crippen LogP contribution in [0, 0.1) is 11.8 Å². The molecule has 0 aromatic rings. The summed E-state index contributed by atoms with van der Waals surface area (Å²) in [4.78, 5) is 21.8. The van der Waals surface area contributed by atoms with Crippen molar-refractivity contribution < 1.29 is 19.4 Å². The van der Waals surface area contributed by atoms with Crippen molar-refractivity contribution >= 4 is 13.3 Å². The highest BCUT2D eigenvalue weighted by Gasteiger charge is 2.33. The van der Waals surface area contributed by atoms with Crippen molar-refractivity contribution in [2.24, 2.45) is 17.6 Å². The van der Waals surface area contributed by atoms with Gasteiger partial charge in [0, 0.05) is 5.57 Å². The van der Waals surface area contributed by atoms with E-state index in [1.807, 2.05) is 0 Å². The number of rotatable bonds is 8. The van der Waals surface area contributed by atoms with Crippen LogP contribution < -0.4 is 5.73 Å². The van der Waals surface area contributed by atoms with E-state index in [0.717, 1.165) is 38.5 Å². The molecule has 0 spiro atoms. The van der Waals surface area contributed by atoms with E-state index in [1.165, 1.54) is 19.3 Å². The van der Waals surface area contributed by atoms with Gasteiger partial charge < -0.3 is 15.7 Å². The quantitative estimate of drug-likeness (QED) is 0.448. The summed E-state index contributed by atoms with van der Waals surface area (Å²) in [5.74, 6) is -0.972. The molecule has 24 heavy (non-hydrogen) atoms. The van der Waals surface area contributed by atoms with Crippen molar-refractivity contribution in [1.29, 1.82) is 0 Å². The molecule has 2 aliphatic carbocycles. The molecule has 2 fully saturated rings. The van der Waals surface area contributed by atoms with E-state index in [0.29, 0.717) is 24.7 Å². The Hall–Kier alpha value is -0.640. The summed E-state index contributed by atoms with van der Waals surface area (Å²) in [5, 5.41) is 9.37. The minimum Gasteiger partial charge on any atom is -0.478 e. The van der Waals surface area contributed by atoms with Gasteiger partial charge in [-0.3, -0.25) is 4.57 Å². The van der Waals surface area contributed by atoms with Crippen LogP contribution in [0.4, 0.5) is 0 Å². The van der Waals surface area contributed by atoms with Crippen molar-refractivity contribution in [3.05, 3.63) is 11.6 Å². The van der Waals surface area contributed by atoms with Crippen LogP contribution in [0.5, 0.6) is 0 Å². The van der Waals surface area contributed by atoms with Crippen LogP contribution >= 0.6 is 7.37 Å². The third kappa shape index (κ3) is 6.02. The van der Waals surface area contributed by atoms with E-state index in [2.05, 4.69) is 0 Å². The van der Waals surface area contributed by atoms with Crippen molar-refractivity contribution in [1.82, 2.24) is 0 Å². The topological polar surface area (TPSA) is 101 Å². The SMILES string of the molecule is N[C@@H](CC1CCCCC1)P(=O)(O)C/C(=C\CC1CCCC1)C(=O)O. The summed E-state index contributed by atoms with van der Waals surface area (Å²) in [7, 11) is -3.69. The monoisotopic (exact) mass is 357 g/mol. The molecule has 0 bridgehead atoms. The maximum absolute atomic E-state index is 12.6. The van der Waals surface area contributed by atoms with Crippen molar-refractivity contribution in [2.75, 3.05) is 6.16 Å². The first-order valence-corrected chi connectivity index (χ1v) is 11.3. The van der Waals surface area contributed by atoms with Gasteiger partial charge in [-0.1, -0.05) is 63.9 Å². The zero-order valence-electron chi connectivity index (χ0n) is 14.5. The number of carbonyl (C=O) groups is 1. The summed E-state index contributed by atoms with van der Waals surface area (Å²) < 4.78 is 12.6. The molecule has 2 aliphatic rings. The summed E-state index contributed by atoms with van der Waals surface area (Å²) in [6.45, 7) is 0. The molecule has 1 unspecified atom stereocenters. The van der Waals surface area contributed by atoms with E-state index < -0.39 is 19.1 Å². The number of carboxylic acids is 1. The molecule has 2 atom stereocenters. The molecule has 0 saturated heterocycles. The molecule has 5 nitrogen and oxygen atoms in total.